The fraction of sp³-hybridized carbons (Fsp3) is 0.364. The maximum absolute atomic E-state index is 11.2. The van der Waals surface area contributed by atoms with Gasteiger partial charge in [0.15, 0.2) is 0 Å². The van der Waals surface area contributed by atoms with Crippen LogP contribution in [0.15, 0.2) is 23.1 Å². The number of ether oxygens (including phenoxy) is 1. The number of carbonyl (C=O) groups is 1. The molecule has 3 heteroatoms. The highest BCUT2D eigenvalue weighted by molar-refractivity contribution is 8.13. The van der Waals surface area contributed by atoms with Crippen LogP contribution in [0.5, 0.6) is 0 Å². The Labute approximate surface area is 88.7 Å². The minimum Gasteiger partial charge on any atom is -0.458 e. The first-order chi connectivity index (χ1) is 6.63. The SMILES string of the molecule is CCOC(=O)Sc1cc(C)ccc1C. The maximum Gasteiger partial charge on any atom is 0.372 e. The van der Waals surface area contributed by atoms with Crippen LogP contribution < -0.4 is 0 Å². The molecule has 1 aromatic rings. The molecule has 0 heterocycles. The molecule has 14 heavy (non-hydrogen) atoms. The zero-order valence-corrected chi connectivity index (χ0v) is 9.48. The summed E-state index contributed by atoms with van der Waals surface area (Å²) in [5, 5.41) is -0.235. The Bertz CT molecular complexity index is 334. The molecule has 0 aromatic heterocycles. The van der Waals surface area contributed by atoms with Crippen molar-refractivity contribution in [3.8, 4) is 0 Å². The van der Waals surface area contributed by atoms with Crippen LogP contribution in [0.1, 0.15) is 18.1 Å². The van der Waals surface area contributed by atoms with Crippen molar-refractivity contribution in [2.24, 2.45) is 0 Å². The first-order valence-electron chi connectivity index (χ1n) is 4.55. The molecule has 0 saturated heterocycles. The van der Waals surface area contributed by atoms with Gasteiger partial charge in [-0.2, -0.15) is 0 Å². The van der Waals surface area contributed by atoms with E-state index < -0.39 is 0 Å². The molecule has 0 saturated carbocycles. The van der Waals surface area contributed by atoms with Crippen molar-refractivity contribution in [3.63, 3.8) is 0 Å². The predicted molar refractivity (Wildman–Crippen MR) is 58.8 cm³/mol. The van der Waals surface area contributed by atoms with E-state index in [9.17, 15) is 4.79 Å². The standard InChI is InChI=1S/C11H14O2S/c1-4-13-11(12)14-10-7-8(2)5-6-9(10)3/h5-7H,4H2,1-3H3. The zero-order chi connectivity index (χ0) is 10.6. The number of rotatable bonds is 2. The molecule has 76 valence electrons. The third kappa shape index (κ3) is 3.07. The van der Waals surface area contributed by atoms with E-state index in [0.717, 1.165) is 27.8 Å². The second-order valence-electron chi connectivity index (χ2n) is 3.05. The Morgan fingerprint density at radius 2 is 2.14 bits per heavy atom. The second kappa shape index (κ2) is 5.05. The molecule has 0 aliphatic rings. The topological polar surface area (TPSA) is 26.3 Å². The Hall–Kier alpha value is -0.960. The van der Waals surface area contributed by atoms with E-state index in [1.54, 1.807) is 0 Å². The normalized spacial score (nSPS) is 9.93. The Kier molecular flexibility index (Phi) is 4.01. The van der Waals surface area contributed by atoms with E-state index in [1.807, 2.05) is 39.0 Å². The van der Waals surface area contributed by atoms with E-state index >= 15 is 0 Å². The fourth-order valence-electron chi connectivity index (χ4n) is 1.05. The second-order valence-corrected chi connectivity index (χ2v) is 4.03. The lowest BCUT2D eigenvalue weighted by molar-refractivity contribution is 0.181. The molecule has 1 rings (SSSR count). The minimum atomic E-state index is -0.235. The summed E-state index contributed by atoms with van der Waals surface area (Å²) in [5.41, 5.74) is 2.26. The molecule has 0 N–H and O–H groups in total. The van der Waals surface area contributed by atoms with Crippen molar-refractivity contribution in [1.29, 1.82) is 0 Å². The van der Waals surface area contributed by atoms with Gasteiger partial charge in [-0.3, -0.25) is 0 Å². The highest BCUT2D eigenvalue weighted by Crippen LogP contribution is 2.24. The summed E-state index contributed by atoms with van der Waals surface area (Å²) in [5.74, 6) is 0. The van der Waals surface area contributed by atoms with Crippen molar-refractivity contribution in [1.82, 2.24) is 0 Å². The Balaban J connectivity index is 2.75. The molecule has 1 aromatic carbocycles. The maximum atomic E-state index is 11.2. The average Bonchev–Trinajstić information content (AvgIpc) is 2.12. The molecule has 2 nitrogen and oxygen atoms in total. The molecule has 0 spiro atoms. The van der Waals surface area contributed by atoms with Gasteiger partial charge in [0.05, 0.1) is 6.61 Å². The van der Waals surface area contributed by atoms with Crippen LogP contribution in [0.2, 0.25) is 0 Å². The van der Waals surface area contributed by atoms with Crippen LogP contribution in [0.25, 0.3) is 0 Å². The summed E-state index contributed by atoms with van der Waals surface area (Å²) in [7, 11) is 0. The smallest absolute Gasteiger partial charge is 0.372 e. The molecule has 0 radical (unpaired) electrons. The minimum absolute atomic E-state index is 0.235. The van der Waals surface area contributed by atoms with E-state index in [1.165, 1.54) is 0 Å². The average molecular weight is 210 g/mol. The first kappa shape index (κ1) is 11.1. The third-order valence-electron chi connectivity index (χ3n) is 1.80. The highest BCUT2D eigenvalue weighted by atomic mass is 32.2. The van der Waals surface area contributed by atoms with Crippen molar-refractivity contribution in [2.75, 3.05) is 6.61 Å². The predicted octanol–water partition coefficient (Wildman–Crippen LogP) is 3.55. The number of hydrogen-bond acceptors (Lipinski definition) is 3. The summed E-state index contributed by atoms with van der Waals surface area (Å²) >= 11 is 1.15. The molecule has 0 aliphatic heterocycles. The monoisotopic (exact) mass is 210 g/mol. The van der Waals surface area contributed by atoms with Gasteiger partial charge in [-0.25, -0.2) is 4.79 Å². The van der Waals surface area contributed by atoms with Gasteiger partial charge in [0.25, 0.3) is 0 Å². The number of hydrogen-bond donors (Lipinski definition) is 0. The quantitative estimate of drug-likeness (QED) is 0.551. The molecular formula is C11H14O2S. The van der Waals surface area contributed by atoms with Gasteiger partial charge in [0.2, 0.25) is 0 Å². The number of carbonyl (C=O) groups excluding carboxylic acids is 1. The van der Waals surface area contributed by atoms with Crippen LogP contribution >= 0.6 is 11.8 Å². The van der Waals surface area contributed by atoms with E-state index in [-0.39, 0.29) is 5.30 Å². The lowest BCUT2D eigenvalue weighted by Gasteiger charge is -2.05. The van der Waals surface area contributed by atoms with Gasteiger partial charge in [-0.15, -0.1) is 0 Å². The highest BCUT2D eigenvalue weighted by Gasteiger charge is 2.07. The summed E-state index contributed by atoms with van der Waals surface area (Å²) in [6.07, 6.45) is 0. The molecule has 0 atom stereocenters. The van der Waals surface area contributed by atoms with Crippen LogP contribution in [0.3, 0.4) is 0 Å². The van der Waals surface area contributed by atoms with E-state index in [2.05, 4.69) is 0 Å². The largest absolute Gasteiger partial charge is 0.458 e. The summed E-state index contributed by atoms with van der Waals surface area (Å²) in [4.78, 5) is 12.2. The van der Waals surface area contributed by atoms with Gasteiger partial charge in [0.1, 0.15) is 0 Å². The third-order valence-corrected chi connectivity index (χ3v) is 2.74. The Morgan fingerprint density at radius 1 is 1.43 bits per heavy atom. The molecule has 0 aliphatic carbocycles. The molecule has 0 amide bonds. The molecular weight excluding hydrogens is 196 g/mol. The lowest BCUT2D eigenvalue weighted by atomic mass is 10.2. The number of thioether (sulfide) groups is 1. The number of benzene rings is 1. The van der Waals surface area contributed by atoms with Gasteiger partial charge >= 0.3 is 5.30 Å². The van der Waals surface area contributed by atoms with Crippen molar-refractivity contribution in [3.05, 3.63) is 29.3 Å². The van der Waals surface area contributed by atoms with Crippen LogP contribution in [-0.2, 0) is 4.74 Å². The summed E-state index contributed by atoms with van der Waals surface area (Å²) in [6, 6.07) is 6.04. The van der Waals surface area contributed by atoms with E-state index in [0.29, 0.717) is 6.61 Å². The van der Waals surface area contributed by atoms with Crippen LogP contribution in [0.4, 0.5) is 4.79 Å². The van der Waals surface area contributed by atoms with Gasteiger partial charge in [0, 0.05) is 4.90 Å². The van der Waals surface area contributed by atoms with Crippen molar-refractivity contribution < 1.29 is 9.53 Å². The first-order valence-corrected chi connectivity index (χ1v) is 5.37. The van der Waals surface area contributed by atoms with Crippen LogP contribution in [0, 0.1) is 13.8 Å². The van der Waals surface area contributed by atoms with Gasteiger partial charge < -0.3 is 4.74 Å². The summed E-state index contributed by atoms with van der Waals surface area (Å²) < 4.78 is 4.86. The van der Waals surface area contributed by atoms with E-state index in [4.69, 9.17) is 4.74 Å². The van der Waals surface area contributed by atoms with Gasteiger partial charge in [-0.05, 0) is 49.7 Å². The fourth-order valence-corrected chi connectivity index (χ4v) is 1.88. The zero-order valence-electron chi connectivity index (χ0n) is 8.66. The van der Waals surface area contributed by atoms with Crippen molar-refractivity contribution in [2.45, 2.75) is 25.7 Å². The molecule has 0 fully saturated rings. The molecule has 0 bridgehead atoms. The van der Waals surface area contributed by atoms with Crippen LogP contribution in [-0.4, -0.2) is 11.9 Å². The lowest BCUT2D eigenvalue weighted by Crippen LogP contribution is -1.96. The molecule has 0 unspecified atom stereocenters. The Morgan fingerprint density at radius 3 is 2.79 bits per heavy atom. The number of aryl methyl sites for hydroxylation is 2. The van der Waals surface area contributed by atoms with Gasteiger partial charge in [-0.1, -0.05) is 12.1 Å². The van der Waals surface area contributed by atoms with Crippen molar-refractivity contribution >= 4 is 17.1 Å². The summed E-state index contributed by atoms with van der Waals surface area (Å²) in [6.45, 7) is 6.23.